The minimum atomic E-state index is -0.913. The molecule has 2 heterocycles. The third-order valence-electron chi connectivity index (χ3n) is 10.1. The summed E-state index contributed by atoms with van der Waals surface area (Å²) >= 11 is 1.33. The van der Waals surface area contributed by atoms with Crippen LogP contribution in [0.15, 0.2) is 35.7 Å². The average Bonchev–Trinajstić information content (AvgIpc) is 3.60. The number of hydrogen-bond acceptors (Lipinski definition) is 9. The van der Waals surface area contributed by atoms with Gasteiger partial charge in [0.05, 0.1) is 5.92 Å². The molecule has 1 aliphatic heterocycles. The van der Waals surface area contributed by atoms with E-state index in [1.807, 2.05) is 70.1 Å². The first-order valence-electron chi connectivity index (χ1n) is 18.3. The SMILES string of the molecule is CCO[C@H](C[C@H](C(C)C)N(C)C(=O)[C@@H](NC(=O)C1CN(C)CCN1C)[C@@H](C)CC)c1nc(C(=O)N[C@@H](Cc2ccccc2)C[C@H](C)C(=O)O)cs1. The first-order valence-corrected chi connectivity index (χ1v) is 19.1. The van der Waals surface area contributed by atoms with Crippen LogP contribution in [0.2, 0.25) is 0 Å². The highest BCUT2D eigenvalue weighted by atomic mass is 32.1. The molecule has 12 nitrogen and oxygen atoms in total. The van der Waals surface area contributed by atoms with Gasteiger partial charge in [-0.05, 0) is 51.3 Å². The van der Waals surface area contributed by atoms with Gasteiger partial charge in [0.15, 0.2) is 0 Å². The molecule has 1 fully saturated rings. The predicted octanol–water partition coefficient (Wildman–Crippen LogP) is 4.32. The number of thiazole rings is 1. The second-order valence-electron chi connectivity index (χ2n) is 14.5. The van der Waals surface area contributed by atoms with Gasteiger partial charge in [0.2, 0.25) is 11.8 Å². The zero-order valence-electron chi connectivity index (χ0n) is 31.9. The lowest BCUT2D eigenvalue weighted by Crippen LogP contribution is -2.61. The van der Waals surface area contributed by atoms with Crippen molar-refractivity contribution in [2.45, 2.75) is 97.5 Å². The lowest BCUT2D eigenvalue weighted by Gasteiger charge is -2.39. The van der Waals surface area contributed by atoms with E-state index < -0.39 is 30.1 Å². The lowest BCUT2D eigenvalue weighted by atomic mass is 9.93. The number of rotatable bonds is 19. The van der Waals surface area contributed by atoms with Crippen molar-refractivity contribution in [3.05, 3.63) is 52.0 Å². The summed E-state index contributed by atoms with van der Waals surface area (Å²) in [5, 5.41) is 18.0. The Morgan fingerprint density at radius 3 is 2.33 bits per heavy atom. The Hall–Kier alpha value is -3.39. The lowest BCUT2D eigenvalue weighted by molar-refractivity contribution is -0.142. The van der Waals surface area contributed by atoms with Crippen LogP contribution in [0.4, 0.5) is 0 Å². The normalized spacial score (nSPS) is 19.1. The Kier molecular flexibility index (Phi) is 16.5. The van der Waals surface area contributed by atoms with Gasteiger partial charge in [0, 0.05) is 57.2 Å². The van der Waals surface area contributed by atoms with Crippen LogP contribution in [0, 0.1) is 17.8 Å². The van der Waals surface area contributed by atoms with Crippen molar-refractivity contribution < 1.29 is 29.0 Å². The van der Waals surface area contributed by atoms with Crippen molar-refractivity contribution in [3.8, 4) is 0 Å². The van der Waals surface area contributed by atoms with E-state index in [2.05, 4.69) is 29.4 Å². The molecule has 13 heteroatoms. The molecule has 284 valence electrons. The van der Waals surface area contributed by atoms with Gasteiger partial charge in [0.1, 0.15) is 28.9 Å². The van der Waals surface area contributed by atoms with E-state index in [0.717, 1.165) is 25.1 Å². The van der Waals surface area contributed by atoms with Gasteiger partial charge in [-0.25, -0.2) is 4.98 Å². The summed E-state index contributed by atoms with van der Waals surface area (Å²) < 4.78 is 6.20. The van der Waals surface area contributed by atoms with Crippen LogP contribution < -0.4 is 10.6 Å². The van der Waals surface area contributed by atoms with Crippen LogP contribution in [0.3, 0.4) is 0 Å². The molecule has 2 aromatic rings. The van der Waals surface area contributed by atoms with Gasteiger partial charge >= 0.3 is 5.97 Å². The molecule has 1 aromatic heterocycles. The third-order valence-corrected chi connectivity index (χ3v) is 11.1. The maximum atomic E-state index is 14.2. The summed E-state index contributed by atoms with van der Waals surface area (Å²) in [4.78, 5) is 63.5. The van der Waals surface area contributed by atoms with Crippen molar-refractivity contribution in [1.29, 1.82) is 0 Å². The number of carbonyl (C=O) groups is 4. The van der Waals surface area contributed by atoms with E-state index in [4.69, 9.17) is 9.72 Å². The quantitative estimate of drug-likeness (QED) is 0.193. The van der Waals surface area contributed by atoms with E-state index in [1.54, 1.807) is 24.3 Å². The van der Waals surface area contributed by atoms with Crippen molar-refractivity contribution in [2.75, 3.05) is 47.4 Å². The monoisotopic (exact) mass is 728 g/mol. The number of aromatic nitrogens is 1. The standard InChI is InChI=1S/C38H60N6O6S/c1-10-25(5)33(41-35(46)31-22-42(7)17-18-43(31)8)37(47)44(9)30(24(3)4)21-32(50-11-2)36-40-29(23-51-36)34(45)39-28(19-26(6)38(48)49)20-27-15-13-12-14-16-27/h12-16,23-26,28,30-33H,10-11,17-22H2,1-9H3,(H,39,45)(H,41,46)(H,48,49)/t25-,26-,28+,30+,31?,32+,33-/m0/s1. The molecule has 0 aliphatic carbocycles. The summed E-state index contributed by atoms with van der Waals surface area (Å²) in [7, 11) is 5.75. The molecule has 3 rings (SSSR count). The fourth-order valence-electron chi connectivity index (χ4n) is 6.57. The topological polar surface area (TPSA) is 144 Å². The van der Waals surface area contributed by atoms with Gasteiger partial charge in [0.25, 0.3) is 5.91 Å². The molecule has 1 aliphatic rings. The summed E-state index contributed by atoms with van der Waals surface area (Å²) in [5.41, 5.74) is 1.24. The number of benzene rings is 1. The van der Waals surface area contributed by atoms with E-state index in [9.17, 15) is 24.3 Å². The Labute approximate surface area is 308 Å². The van der Waals surface area contributed by atoms with Crippen LogP contribution in [-0.4, -0.2) is 120 Å². The van der Waals surface area contributed by atoms with E-state index in [0.29, 0.717) is 31.0 Å². The maximum absolute atomic E-state index is 14.2. The summed E-state index contributed by atoms with van der Waals surface area (Å²) in [6.45, 7) is 14.4. The Morgan fingerprint density at radius 2 is 1.73 bits per heavy atom. The molecule has 1 aromatic carbocycles. The van der Waals surface area contributed by atoms with Crippen LogP contribution in [0.1, 0.15) is 88.0 Å². The minimum Gasteiger partial charge on any atom is -0.481 e. The molecule has 3 N–H and O–H groups in total. The number of carboxylic acid groups (broad SMARTS) is 1. The largest absolute Gasteiger partial charge is 0.481 e. The van der Waals surface area contributed by atoms with Gasteiger partial charge in [-0.1, -0.05) is 71.4 Å². The molecular formula is C38H60N6O6S. The van der Waals surface area contributed by atoms with Gasteiger partial charge in [-0.3, -0.25) is 24.1 Å². The second-order valence-corrected chi connectivity index (χ2v) is 15.4. The van der Waals surface area contributed by atoms with Crippen molar-refractivity contribution >= 4 is 35.0 Å². The number of carbonyl (C=O) groups excluding carboxylic acids is 3. The predicted molar refractivity (Wildman–Crippen MR) is 201 cm³/mol. The highest BCUT2D eigenvalue weighted by Gasteiger charge is 2.37. The number of amides is 3. The number of ether oxygens (including phenoxy) is 1. The van der Waals surface area contributed by atoms with Crippen molar-refractivity contribution in [1.82, 2.24) is 30.3 Å². The molecule has 0 bridgehead atoms. The number of nitrogens with one attached hydrogen (secondary N) is 2. The zero-order chi connectivity index (χ0) is 37.8. The van der Waals surface area contributed by atoms with Crippen LogP contribution >= 0.6 is 11.3 Å². The molecule has 1 unspecified atom stereocenters. The van der Waals surface area contributed by atoms with Gasteiger partial charge in [-0.15, -0.1) is 11.3 Å². The van der Waals surface area contributed by atoms with E-state index >= 15 is 0 Å². The molecule has 0 spiro atoms. The van der Waals surface area contributed by atoms with Crippen LogP contribution in [0.5, 0.6) is 0 Å². The number of nitrogens with zero attached hydrogens (tertiary/aromatic N) is 4. The molecule has 3 amide bonds. The van der Waals surface area contributed by atoms with Crippen LogP contribution in [0.25, 0.3) is 0 Å². The number of aliphatic carboxylic acids is 1. The maximum Gasteiger partial charge on any atom is 0.306 e. The number of likely N-dealkylation sites (N-methyl/N-ethyl adjacent to an activating group) is 3. The fraction of sp³-hybridized carbons (Fsp3) is 0.658. The second kappa shape index (κ2) is 20.0. The molecule has 7 atom stereocenters. The Bertz CT molecular complexity index is 1420. The summed E-state index contributed by atoms with van der Waals surface area (Å²) in [5.74, 6) is -2.21. The number of carboxylic acids is 1. The summed E-state index contributed by atoms with van der Waals surface area (Å²) in [6.07, 6.45) is 1.47. The zero-order valence-corrected chi connectivity index (χ0v) is 32.7. The molecule has 1 saturated heterocycles. The summed E-state index contributed by atoms with van der Waals surface area (Å²) in [6, 6.07) is 8.01. The Balaban J connectivity index is 1.78. The highest BCUT2D eigenvalue weighted by molar-refractivity contribution is 7.09. The molecular weight excluding hydrogens is 669 g/mol. The highest BCUT2D eigenvalue weighted by Crippen LogP contribution is 2.31. The fourth-order valence-corrected chi connectivity index (χ4v) is 7.42. The average molecular weight is 729 g/mol. The van der Waals surface area contributed by atoms with Crippen molar-refractivity contribution in [3.63, 3.8) is 0 Å². The Morgan fingerprint density at radius 1 is 1.04 bits per heavy atom. The smallest absolute Gasteiger partial charge is 0.306 e. The van der Waals surface area contributed by atoms with Gasteiger partial charge in [-0.2, -0.15) is 0 Å². The minimum absolute atomic E-state index is 0.0611. The number of piperazine rings is 1. The third kappa shape index (κ3) is 12.1. The van der Waals surface area contributed by atoms with E-state index in [1.165, 1.54) is 11.3 Å². The molecule has 0 saturated carbocycles. The molecule has 0 radical (unpaired) electrons. The van der Waals surface area contributed by atoms with Gasteiger partial charge < -0.3 is 30.3 Å². The molecule has 51 heavy (non-hydrogen) atoms. The van der Waals surface area contributed by atoms with Crippen LogP contribution in [-0.2, 0) is 25.5 Å². The van der Waals surface area contributed by atoms with E-state index in [-0.39, 0.29) is 53.8 Å². The van der Waals surface area contributed by atoms with Crippen molar-refractivity contribution in [2.24, 2.45) is 17.8 Å². The number of hydrogen-bond donors (Lipinski definition) is 3. The first kappa shape index (κ1) is 42.0. The first-order chi connectivity index (χ1) is 24.2.